The Morgan fingerprint density at radius 2 is 2.14 bits per heavy atom. The van der Waals surface area contributed by atoms with E-state index in [9.17, 15) is 13.2 Å². The summed E-state index contributed by atoms with van der Waals surface area (Å²) in [4.78, 5) is 15.2. The number of Topliss-reactive ketones (excluding diaryl/α,β-unsaturated/α-hetero) is 1. The number of carbonyl (C=O) groups is 1. The Balaban J connectivity index is 1.84. The van der Waals surface area contributed by atoms with Crippen molar-refractivity contribution < 1.29 is 13.2 Å². The summed E-state index contributed by atoms with van der Waals surface area (Å²) in [5.74, 6) is 0.364. The van der Waals surface area contributed by atoms with E-state index in [2.05, 4.69) is 17.9 Å². The topological polar surface area (TPSA) is 83.2 Å². The van der Waals surface area contributed by atoms with Gasteiger partial charge in [-0.05, 0) is 25.5 Å². The first-order chi connectivity index (χ1) is 13.4. The number of sulfone groups is 1. The fourth-order valence-electron chi connectivity index (χ4n) is 3.91. The van der Waals surface area contributed by atoms with Crippen molar-refractivity contribution >= 4 is 26.5 Å². The molecule has 7 heteroatoms. The minimum Gasteiger partial charge on any atom is -0.346 e. The predicted octanol–water partition coefficient (Wildman–Crippen LogP) is 3.03. The monoisotopic (exact) mass is 401 g/mol. The lowest BCUT2D eigenvalue weighted by Crippen LogP contribution is -2.40. The van der Waals surface area contributed by atoms with E-state index in [4.69, 9.17) is 5.26 Å². The van der Waals surface area contributed by atoms with Crippen LogP contribution in [0, 0.1) is 11.3 Å². The molecule has 0 amide bonds. The number of nitriles is 1. The molecule has 2 aromatic rings. The molecular weight excluding hydrogens is 374 g/mol. The maximum Gasteiger partial charge on any atom is 0.178 e. The molecule has 1 aliphatic rings. The molecule has 28 heavy (non-hydrogen) atoms. The first-order valence-corrected chi connectivity index (χ1v) is 11.7. The van der Waals surface area contributed by atoms with Crippen molar-refractivity contribution in [2.75, 3.05) is 24.6 Å². The summed E-state index contributed by atoms with van der Waals surface area (Å²) in [5, 5.41) is 9.78. The number of carbonyl (C=O) groups excluding carboxylic acids is 1. The van der Waals surface area contributed by atoms with Crippen molar-refractivity contribution in [2.45, 2.75) is 45.2 Å². The molecule has 0 bridgehead atoms. The van der Waals surface area contributed by atoms with E-state index in [0.717, 1.165) is 30.3 Å². The van der Waals surface area contributed by atoms with Crippen molar-refractivity contribution in [1.82, 2.24) is 9.47 Å². The summed E-state index contributed by atoms with van der Waals surface area (Å²) < 4.78 is 25.8. The fourth-order valence-corrected chi connectivity index (χ4v) is 5.67. The van der Waals surface area contributed by atoms with Gasteiger partial charge in [0.15, 0.2) is 15.6 Å². The molecule has 1 unspecified atom stereocenters. The number of ketones is 1. The van der Waals surface area contributed by atoms with E-state index in [0.29, 0.717) is 24.9 Å². The van der Waals surface area contributed by atoms with Crippen LogP contribution in [0.25, 0.3) is 10.9 Å². The number of unbranched alkanes of at least 4 members (excludes halogenated alkanes) is 1. The van der Waals surface area contributed by atoms with Crippen molar-refractivity contribution in [3.8, 4) is 6.07 Å². The molecule has 150 valence electrons. The van der Waals surface area contributed by atoms with Gasteiger partial charge in [0.05, 0.1) is 30.5 Å². The maximum absolute atomic E-state index is 13.2. The summed E-state index contributed by atoms with van der Waals surface area (Å²) in [5.41, 5.74) is 1.60. The quantitative estimate of drug-likeness (QED) is 0.603. The highest BCUT2D eigenvalue weighted by atomic mass is 32.2. The van der Waals surface area contributed by atoms with Crippen LogP contribution in [-0.2, 0) is 16.4 Å². The van der Waals surface area contributed by atoms with Crippen LogP contribution in [0.2, 0.25) is 0 Å². The second kappa shape index (κ2) is 8.89. The van der Waals surface area contributed by atoms with Crippen molar-refractivity contribution in [1.29, 1.82) is 5.26 Å². The van der Waals surface area contributed by atoms with Gasteiger partial charge in [-0.25, -0.2) is 8.42 Å². The van der Waals surface area contributed by atoms with E-state index in [-0.39, 0.29) is 29.9 Å². The average Bonchev–Trinajstić information content (AvgIpc) is 3.23. The van der Waals surface area contributed by atoms with E-state index >= 15 is 0 Å². The molecule has 2 heterocycles. The molecule has 0 spiro atoms. The highest BCUT2D eigenvalue weighted by Crippen LogP contribution is 2.24. The number of para-hydroxylation sites is 1. The molecule has 1 aromatic carbocycles. The molecule has 0 aliphatic carbocycles. The molecule has 3 rings (SSSR count). The van der Waals surface area contributed by atoms with Crippen molar-refractivity contribution in [2.24, 2.45) is 0 Å². The van der Waals surface area contributed by atoms with Gasteiger partial charge < -0.3 is 4.57 Å². The van der Waals surface area contributed by atoms with Gasteiger partial charge in [-0.1, -0.05) is 31.5 Å². The molecule has 6 nitrogen and oxygen atoms in total. The molecule has 0 saturated carbocycles. The summed E-state index contributed by atoms with van der Waals surface area (Å²) >= 11 is 0. The molecular formula is C21H27N3O3S. The van der Waals surface area contributed by atoms with Gasteiger partial charge in [0.25, 0.3) is 0 Å². The number of rotatable bonds is 9. The minimum atomic E-state index is -2.99. The highest BCUT2D eigenvalue weighted by molar-refractivity contribution is 7.91. The molecule has 0 radical (unpaired) electrons. The first-order valence-electron chi connectivity index (χ1n) is 9.87. The van der Waals surface area contributed by atoms with Crippen LogP contribution in [0.4, 0.5) is 0 Å². The van der Waals surface area contributed by atoms with Crippen molar-refractivity contribution in [3.05, 3.63) is 36.0 Å². The van der Waals surface area contributed by atoms with Crippen molar-refractivity contribution in [3.63, 3.8) is 0 Å². The van der Waals surface area contributed by atoms with Gasteiger partial charge in [0.1, 0.15) is 0 Å². The van der Waals surface area contributed by atoms with Crippen LogP contribution in [0.15, 0.2) is 30.5 Å². The van der Waals surface area contributed by atoms with Crippen LogP contribution in [0.5, 0.6) is 0 Å². The number of aryl methyl sites for hydroxylation is 1. The summed E-state index contributed by atoms with van der Waals surface area (Å²) in [7, 11) is -2.99. The molecule has 1 atom stereocenters. The Labute approximate surface area is 166 Å². The van der Waals surface area contributed by atoms with E-state index in [1.165, 1.54) is 0 Å². The Morgan fingerprint density at radius 1 is 1.36 bits per heavy atom. The smallest absolute Gasteiger partial charge is 0.178 e. The van der Waals surface area contributed by atoms with Gasteiger partial charge in [0, 0.05) is 35.2 Å². The minimum absolute atomic E-state index is 0.00677. The lowest BCUT2D eigenvalue weighted by Gasteiger charge is -2.27. The third-order valence-corrected chi connectivity index (χ3v) is 7.17. The van der Waals surface area contributed by atoms with Crippen LogP contribution in [0.3, 0.4) is 0 Å². The Morgan fingerprint density at radius 3 is 2.82 bits per heavy atom. The van der Waals surface area contributed by atoms with Crippen LogP contribution < -0.4 is 0 Å². The Bertz CT molecular complexity index is 988. The van der Waals surface area contributed by atoms with Crippen LogP contribution in [0.1, 0.15) is 43.0 Å². The number of hydrogen-bond donors (Lipinski definition) is 0. The maximum atomic E-state index is 13.2. The van der Waals surface area contributed by atoms with Crippen LogP contribution in [-0.4, -0.2) is 54.3 Å². The normalized spacial score (nSPS) is 18.5. The third kappa shape index (κ3) is 4.62. The van der Waals surface area contributed by atoms with Crippen LogP contribution >= 0.6 is 0 Å². The third-order valence-electron chi connectivity index (χ3n) is 5.42. The Kier molecular flexibility index (Phi) is 6.53. The number of aromatic nitrogens is 1. The zero-order valence-electron chi connectivity index (χ0n) is 16.3. The second-order valence-electron chi connectivity index (χ2n) is 7.47. The zero-order chi connectivity index (χ0) is 20.1. The van der Waals surface area contributed by atoms with E-state index in [1.54, 1.807) is 0 Å². The highest BCUT2D eigenvalue weighted by Gasteiger charge is 2.33. The number of benzene rings is 1. The van der Waals surface area contributed by atoms with E-state index < -0.39 is 9.84 Å². The second-order valence-corrected chi connectivity index (χ2v) is 9.69. The summed E-state index contributed by atoms with van der Waals surface area (Å²) in [6.45, 7) is 3.60. The van der Waals surface area contributed by atoms with Gasteiger partial charge in [-0.15, -0.1) is 0 Å². The largest absolute Gasteiger partial charge is 0.346 e. The molecule has 1 aliphatic heterocycles. The van der Waals surface area contributed by atoms with E-state index in [1.807, 2.05) is 35.0 Å². The lowest BCUT2D eigenvalue weighted by molar-refractivity contribution is 0.0901. The summed E-state index contributed by atoms with van der Waals surface area (Å²) in [6.07, 6.45) is 4.76. The molecule has 1 aromatic heterocycles. The zero-order valence-corrected chi connectivity index (χ0v) is 17.1. The van der Waals surface area contributed by atoms with Gasteiger partial charge >= 0.3 is 0 Å². The number of hydrogen-bond acceptors (Lipinski definition) is 5. The molecule has 1 fully saturated rings. The number of nitrogens with zero attached hydrogens (tertiary/aromatic N) is 3. The number of fused-ring (bicyclic) bond motifs is 1. The fraction of sp³-hybridized carbons (Fsp3) is 0.524. The Hall–Kier alpha value is -2.17. The standard InChI is InChI=1S/C21H27N3O3S/c1-2-3-11-23(17-9-13-28(26,27)16-17)15-21(25)19-14-24(12-6-10-22)20-8-5-4-7-18(19)20/h4-5,7-8,14,17H,2-3,6,9,11-13,15-16H2,1H3. The molecule has 0 N–H and O–H groups in total. The SMILES string of the molecule is CCCCN(CC(=O)c1cn(CCC#N)c2ccccc12)C1CCS(=O)(=O)C1. The van der Waals surface area contributed by atoms with Gasteiger partial charge in [0.2, 0.25) is 0 Å². The van der Waals surface area contributed by atoms with Gasteiger partial charge in [-0.2, -0.15) is 5.26 Å². The predicted molar refractivity (Wildman–Crippen MR) is 110 cm³/mol. The first kappa shape index (κ1) is 20.6. The van der Waals surface area contributed by atoms with Gasteiger partial charge in [-0.3, -0.25) is 9.69 Å². The summed E-state index contributed by atoms with van der Waals surface area (Å²) in [6, 6.07) is 9.80. The lowest BCUT2D eigenvalue weighted by atomic mass is 10.1. The average molecular weight is 402 g/mol. The molecule has 1 saturated heterocycles.